The van der Waals surface area contributed by atoms with Crippen LogP contribution in [0.3, 0.4) is 0 Å². The zero-order valence-corrected chi connectivity index (χ0v) is 15.5. The smallest absolute Gasteiger partial charge is 0.407 e. The molecule has 5 nitrogen and oxygen atoms in total. The summed E-state index contributed by atoms with van der Waals surface area (Å²) in [6.07, 6.45) is 1.09. The Labute approximate surface area is 136 Å². The van der Waals surface area contributed by atoms with Gasteiger partial charge in [0.05, 0.1) is 5.60 Å². The lowest BCUT2D eigenvalue weighted by Gasteiger charge is -2.28. The maximum absolute atomic E-state index is 11.7. The molecule has 1 unspecified atom stereocenters. The number of carbonyl (C=O) groups is 1. The molecule has 0 spiro atoms. The van der Waals surface area contributed by atoms with Crippen LogP contribution in [0.2, 0.25) is 0 Å². The van der Waals surface area contributed by atoms with E-state index < -0.39 is 11.2 Å². The minimum Gasteiger partial charge on any atom is -0.444 e. The monoisotopic (exact) mass is 316 g/mol. The minimum atomic E-state index is -0.639. The van der Waals surface area contributed by atoms with Gasteiger partial charge in [-0.3, -0.25) is 0 Å². The Kier molecular flexibility index (Phi) is 9.01. The molecular formula is C17H36N2O3. The van der Waals surface area contributed by atoms with Gasteiger partial charge >= 0.3 is 6.09 Å². The largest absolute Gasteiger partial charge is 0.444 e. The van der Waals surface area contributed by atoms with Gasteiger partial charge in [0.15, 0.2) is 0 Å². The van der Waals surface area contributed by atoms with Crippen LogP contribution in [0.15, 0.2) is 0 Å². The molecule has 0 aliphatic carbocycles. The van der Waals surface area contributed by atoms with Crippen LogP contribution in [0.5, 0.6) is 0 Å². The fourth-order valence-electron chi connectivity index (χ4n) is 2.06. The van der Waals surface area contributed by atoms with E-state index in [-0.39, 0.29) is 6.09 Å². The highest BCUT2D eigenvalue weighted by molar-refractivity contribution is 5.67. The first-order valence-electron chi connectivity index (χ1n) is 8.43. The lowest BCUT2D eigenvalue weighted by Crippen LogP contribution is -2.44. The number of nitrogens with one attached hydrogen (secondary N) is 2. The zero-order chi connectivity index (χ0) is 17.4. The Hall–Kier alpha value is -0.810. The third-order valence-corrected chi connectivity index (χ3v) is 4.03. The van der Waals surface area contributed by atoms with Crippen molar-refractivity contribution < 1.29 is 14.6 Å². The van der Waals surface area contributed by atoms with E-state index in [0.29, 0.717) is 24.9 Å². The number of rotatable bonds is 9. The number of aliphatic hydroxyl groups is 1. The van der Waals surface area contributed by atoms with E-state index in [9.17, 15) is 9.90 Å². The highest BCUT2D eigenvalue weighted by Gasteiger charge is 2.23. The maximum atomic E-state index is 11.7. The molecule has 1 atom stereocenters. The van der Waals surface area contributed by atoms with Crippen molar-refractivity contribution in [2.75, 3.05) is 19.6 Å². The minimum absolute atomic E-state index is 0.297. The van der Waals surface area contributed by atoms with Crippen LogP contribution in [0.25, 0.3) is 0 Å². The molecule has 132 valence electrons. The molecule has 0 aromatic heterocycles. The summed E-state index contributed by atoms with van der Waals surface area (Å²) in [7, 11) is 0. The van der Waals surface area contributed by atoms with Crippen LogP contribution in [0.1, 0.15) is 61.3 Å². The standard InChI is InChI=1S/C17H36N2O3/c1-8-17(21,9-2)12-18-10-14(13(3)4)11-19-15(20)22-16(5,6)7/h13-14,18,21H,8-12H2,1-7H3,(H,19,20). The first-order chi connectivity index (χ1) is 10.0. The third kappa shape index (κ3) is 9.26. The molecule has 0 radical (unpaired) electrons. The number of carbonyl (C=O) groups excluding carboxylic acids is 1. The molecule has 0 saturated carbocycles. The summed E-state index contributed by atoms with van der Waals surface area (Å²) in [5.41, 5.74) is -1.12. The fraction of sp³-hybridized carbons (Fsp3) is 0.941. The lowest BCUT2D eigenvalue weighted by atomic mass is 9.94. The molecule has 0 aliphatic rings. The zero-order valence-electron chi connectivity index (χ0n) is 15.5. The second-order valence-corrected chi connectivity index (χ2v) is 7.45. The van der Waals surface area contributed by atoms with Gasteiger partial charge in [-0.1, -0.05) is 27.7 Å². The van der Waals surface area contributed by atoms with Crippen molar-refractivity contribution in [3.05, 3.63) is 0 Å². The van der Waals surface area contributed by atoms with Crippen molar-refractivity contribution in [3.8, 4) is 0 Å². The van der Waals surface area contributed by atoms with Gasteiger partial charge in [0.1, 0.15) is 5.60 Å². The molecule has 5 heteroatoms. The molecule has 0 rings (SSSR count). The number of alkyl carbamates (subject to hydrolysis) is 1. The van der Waals surface area contributed by atoms with Crippen LogP contribution in [-0.4, -0.2) is 42.0 Å². The molecule has 0 heterocycles. The van der Waals surface area contributed by atoms with Crippen molar-refractivity contribution in [1.29, 1.82) is 0 Å². The van der Waals surface area contributed by atoms with E-state index in [1.165, 1.54) is 0 Å². The predicted molar refractivity (Wildman–Crippen MR) is 91.0 cm³/mol. The number of hydrogen-bond acceptors (Lipinski definition) is 4. The predicted octanol–water partition coefficient (Wildman–Crippen LogP) is 2.92. The number of hydrogen-bond donors (Lipinski definition) is 3. The Morgan fingerprint density at radius 2 is 1.68 bits per heavy atom. The Morgan fingerprint density at radius 1 is 1.14 bits per heavy atom. The molecule has 0 saturated heterocycles. The van der Waals surface area contributed by atoms with Gasteiger partial charge < -0.3 is 20.5 Å². The molecule has 0 bridgehead atoms. The Balaban J connectivity index is 4.25. The molecule has 0 aliphatic heterocycles. The molecular weight excluding hydrogens is 280 g/mol. The van der Waals surface area contributed by atoms with E-state index in [1.807, 2.05) is 34.6 Å². The summed E-state index contributed by atoms with van der Waals surface area (Å²) in [5.74, 6) is 0.726. The first kappa shape index (κ1) is 21.2. The molecule has 0 aromatic rings. The summed E-state index contributed by atoms with van der Waals surface area (Å²) in [5, 5.41) is 16.4. The van der Waals surface area contributed by atoms with Crippen LogP contribution in [0.4, 0.5) is 4.79 Å². The average molecular weight is 316 g/mol. The molecule has 22 heavy (non-hydrogen) atoms. The fourth-order valence-corrected chi connectivity index (χ4v) is 2.06. The molecule has 0 fully saturated rings. The highest BCUT2D eigenvalue weighted by atomic mass is 16.6. The summed E-state index contributed by atoms with van der Waals surface area (Å²) < 4.78 is 5.25. The Bertz CT molecular complexity index is 320. The van der Waals surface area contributed by atoms with Gasteiger partial charge in [-0.05, 0) is 52.0 Å². The topological polar surface area (TPSA) is 70.6 Å². The second-order valence-electron chi connectivity index (χ2n) is 7.45. The van der Waals surface area contributed by atoms with Crippen molar-refractivity contribution in [3.63, 3.8) is 0 Å². The quantitative estimate of drug-likeness (QED) is 0.612. The summed E-state index contributed by atoms with van der Waals surface area (Å²) in [6.45, 7) is 15.7. The van der Waals surface area contributed by atoms with E-state index >= 15 is 0 Å². The van der Waals surface area contributed by atoms with E-state index in [1.54, 1.807) is 0 Å². The van der Waals surface area contributed by atoms with E-state index in [0.717, 1.165) is 19.4 Å². The van der Waals surface area contributed by atoms with Crippen molar-refractivity contribution in [1.82, 2.24) is 10.6 Å². The SMILES string of the molecule is CCC(O)(CC)CNCC(CNC(=O)OC(C)(C)C)C(C)C. The average Bonchev–Trinajstić information content (AvgIpc) is 2.39. The number of amides is 1. The van der Waals surface area contributed by atoms with Crippen LogP contribution >= 0.6 is 0 Å². The van der Waals surface area contributed by atoms with Crippen LogP contribution < -0.4 is 10.6 Å². The highest BCUT2D eigenvalue weighted by Crippen LogP contribution is 2.14. The van der Waals surface area contributed by atoms with Gasteiger partial charge in [-0.25, -0.2) is 4.79 Å². The first-order valence-corrected chi connectivity index (χ1v) is 8.43. The summed E-state index contributed by atoms with van der Waals surface area (Å²) in [6, 6.07) is 0. The van der Waals surface area contributed by atoms with Gasteiger partial charge in [0.2, 0.25) is 0 Å². The molecule has 3 N–H and O–H groups in total. The van der Waals surface area contributed by atoms with Crippen molar-refractivity contribution in [2.24, 2.45) is 11.8 Å². The second kappa shape index (κ2) is 9.36. The van der Waals surface area contributed by atoms with Gasteiger partial charge in [-0.15, -0.1) is 0 Å². The normalized spacial score (nSPS) is 14.0. The maximum Gasteiger partial charge on any atom is 0.407 e. The van der Waals surface area contributed by atoms with E-state index in [4.69, 9.17) is 4.74 Å². The van der Waals surface area contributed by atoms with Crippen LogP contribution in [-0.2, 0) is 4.74 Å². The third-order valence-electron chi connectivity index (χ3n) is 4.03. The van der Waals surface area contributed by atoms with Crippen LogP contribution in [0, 0.1) is 11.8 Å². The Morgan fingerprint density at radius 3 is 2.09 bits per heavy atom. The van der Waals surface area contributed by atoms with Gasteiger partial charge in [0.25, 0.3) is 0 Å². The van der Waals surface area contributed by atoms with Gasteiger partial charge in [-0.2, -0.15) is 0 Å². The number of ether oxygens (including phenoxy) is 1. The lowest BCUT2D eigenvalue weighted by molar-refractivity contribution is 0.0308. The van der Waals surface area contributed by atoms with E-state index in [2.05, 4.69) is 24.5 Å². The summed E-state index contributed by atoms with van der Waals surface area (Å²) in [4.78, 5) is 11.7. The van der Waals surface area contributed by atoms with Gasteiger partial charge in [0, 0.05) is 13.1 Å². The molecule has 1 amide bonds. The van der Waals surface area contributed by atoms with Crippen molar-refractivity contribution in [2.45, 2.75) is 72.5 Å². The van der Waals surface area contributed by atoms with Crippen molar-refractivity contribution >= 4 is 6.09 Å². The molecule has 0 aromatic carbocycles. The summed E-state index contributed by atoms with van der Waals surface area (Å²) >= 11 is 0.